The summed E-state index contributed by atoms with van der Waals surface area (Å²) in [6.07, 6.45) is 1.41. The van der Waals surface area contributed by atoms with Gasteiger partial charge in [-0.25, -0.2) is 4.39 Å². The third-order valence-corrected chi connectivity index (χ3v) is 2.99. The molecular formula is C14H20ClFO. The molecule has 0 aliphatic heterocycles. The summed E-state index contributed by atoms with van der Waals surface area (Å²) in [5, 5.41) is 0.751. The summed E-state index contributed by atoms with van der Waals surface area (Å²) in [5.41, 5.74) is 1.23. The van der Waals surface area contributed by atoms with Crippen molar-refractivity contribution in [3.63, 3.8) is 0 Å². The SMILES string of the molecule is CCC(CF)OCC(C)Cc1ccc(Cl)cc1. The van der Waals surface area contributed by atoms with Gasteiger partial charge in [0.2, 0.25) is 0 Å². The standard InChI is InChI=1S/C14H20ClFO/c1-3-14(9-16)17-10-11(2)8-12-4-6-13(15)7-5-12/h4-7,11,14H,3,8-10H2,1-2H3. The highest BCUT2D eigenvalue weighted by molar-refractivity contribution is 6.30. The van der Waals surface area contributed by atoms with E-state index in [-0.39, 0.29) is 6.10 Å². The first kappa shape index (κ1) is 14.5. The molecule has 0 radical (unpaired) electrons. The Morgan fingerprint density at radius 1 is 1.29 bits per heavy atom. The lowest BCUT2D eigenvalue weighted by atomic mass is 10.0. The van der Waals surface area contributed by atoms with Gasteiger partial charge in [-0.2, -0.15) is 0 Å². The Hall–Kier alpha value is -0.600. The molecule has 0 N–H and O–H groups in total. The van der Waals surface area contributed by atoms with Crippen LogP contribution in [-0.2, 0) is 11.2 Å². The summed E-state index contributed by atoms with van der Waals surface area (Å²) < 4.78 is 17.9. The number of alkyl halides is 1. The van der Waals surface area contributed by atoms with Crippen LogP contribution < -0.4 is 0 Å². The van der Waals surface area contributed by atoms with Crippen LogP contribution in [0.2, 0.25) is 5.02 Å². The van der Waals surface area contributed by atoms with Crippen molar-refractivity contribution >= 4 is 11.6 Å². The van der Waals surface area contributed by atoms with Gasteiger partial charge in [-0.3, -0.25) is 0 Å². The van der Waals surface area contributed by atoms with Crippen molar-refractivity contribution in [3.8, 4) is 0 Å². The van der Waals surface area contributed by atoms with Crippen molar-refractivity contribution in [1.82, 2.24) is 0 Å². The summed E-state index contributed by atoms with van der Waals surface area (Å²) >= 11 is 5.82. The van der Waals surface area contributed by atoms with Crippen LogP contribution in [0.25, 0.3) is 0 Å². The number of halogens is 2. The molecule has 1 aromatic carbocycles. The quantitative estimate of drug-likeness (QED) is 0.709. The van der Waals surface area contributed by atoms with Crippen molar-refractivity contribution in [2.45, 2.75) is 32.8 Å². The number of ether oxygens (including phenoxy) is 1. The normalized spacial score (nSPS) is 14.6. The first-order valence-electron chi connectivity index (χ1n) is 6.07. The maximum absolute atomic E-state index is 12.4. The Morgan fingerprint density at radius 2 is 1.94 bits per heavy atom. The molecule has 2 unspecified atom stereocenters. The highest BCUT2D eigenvalue weighted by Gasteiger charge is 2.09. The first-order chi connectivity index (χ1) is 8.15. The second kappa shape index (κ2) is 7.67. The average molecular weight is 259 g/mol. The molecule has 0 aliphatic rings. The van der Waals surface area contributed by atoms with Crippen LogP contribution in [0.4, 0.5) is 4.39 Å². The van der Waals surface area contributed by atoms with Crippen LogP contribution in [0.5, 0.6) is 0 Å². The Bertz CT molecular complexity index is 309. The molecule has 96 valence electrons. The fourth-order valence-corrected chi connectivity index (χ4v) is 1.78. The fraction of sp³-hybridized carbons (Fsp3) is 0.571. The van der Waals surface area contributed by atoms with Gasteiger partial charge in [-0.1, -0.05) is 37.6 Å². The largest absolute Gasteiger partial charge is 0.375 e. The van der Waals surface area contributed by atoms with Gasteiger partial charge in [0.15, 0.2) is 0 Å². The van der Waals surface area contributed by atoms with Gasteiger partial charge in [0.25, 0.3) is 0 Å². The molecule has 0 amide bonds. The second-order valence-corrected chi connectivity index (χ2v) is 4.89. The van der Waals surface area contributed by atoms with Crippen molar-refractivity contribution in [2.75, 3.05) is 13.3 Å². The zero-order valence-corrected chi connectivity index (χ0v) is 11.2. The minimum Gasteiger partial charge on any atom is -0.375 e. The Labute approximate surface area is 108 Å². The minimum atomic E-state index is -0.399. The van der Waals surface area contributed by atoms with Crippen molar-refractivity contribution < 1.29 is 9.13 Å². The summed E-state index contributed by atoms with van der Waals surface area (Å²) in [7, 11) is 0. The van der Waals surface area contributed by atoms with Crippen LogP contribution in [0.1, 0.15) is 25.8 Å². The van der Waals surface area contributed by atoms with Gasteiger partial charge in [-0.15, -0.1) is 0 Å². The molecule has 1 aromatic rings. The van der Waals surface area contributed by atoms with E-state index in [4.69, 9.17) is 16.3 Å². The maximum Gasteiger partial charge on any atom is 0.116 e. The lowest BCUT2D eigenvalue weighted by molar-refractivity contribution is 0.0157. The molecule has 0 spiro atoms. The molecule has 0 aliphatic carbocycles. The molecule has 0 bridgehead atoms. The predicted octanol–water partition coefficient (Wildman–Crippen LogP) is 4.28. The van der Waals surface area contributed by atoms with E-state index < -0.39 is 6.67 Å². The second-order valence-electron chi connectivity index (χ2n) is 4.45. The zero-order valence-electron chi connectivity index (χ0n) is 10.5. The van der Waals surface area contributed by atoms with Crippen LogP contribution in [0.3, 0.4) is 0 Å². The summed E-state index contributed by atoms with van der Waals surface area (Å²) in [6, 6.07) is 7.82. The molecule has 0 heterocycles. The van der Waals surface area contributed by atoms with Crippen molar-refractivity contribution in [2.24, 2.45) is 5.92 Å². The van der Waals surface area contributed by atoms with E-state index in [9.17, 15) is 4.39 Å². The monoisotopic (exact) mass is 258 g/mol. The number of hydrogen-bond donors (Lipinski definition) is 0. The van der Waals surface area contributed by atoms with E-state index in [2.05, 4.69) is 6.92 Å². The predicted molar refractivity (Wildman–Crippen MR) is 70.3 cm³/mol. The minimum absolute atomic E-state index is 0.248. The van der Waals surface area contributed by atoms with Crippen molar-refractivity contribution in [1.29, 1.82) is 0 Å². The maximum atomic E-state index is 12.4. The third-order valence-electron chi connectivity index (χ3n) is 2.74. The highest BCUT2D eigenvalue weighted by atomic mass is 35.5. The molecule has 1 rings (SSSR count). The summed E-state index contributed by atoms with van der Waals surface area (Å²) in [4.78, 5) is 0. The van der Waals surface area contributed by atoms with Crippen LogP contribution in [0, 0.1) is 5.92 Å². The van der Waals surface area contributed by atoms with Gasteiger partial charge in [0.1, 0.15) is 6.67 Å². The van der Waals surface area contributed by atoms with Crippen LogP contribution in [0.15, 0.2) is 24.3 Å². The van der Waals surface area contributed by atoms with E-state index in [1.807, 2.05) is 31.2 Å². The molecule has 3 heteroatoms. The van der Waals surface area contributed by atoms with Gasteiger partial charge < -0.3 is 4.74 Å². The molecule has 1 nitrogen and oxygen atoms in total. The van der Waals surface area contributed by atoms with Crippen LogP contribution >= 0.6 is 11.6 Å². The number of rotatable bonds is 7. The Kier molecular flexibility index (Phi) is 6.53. The molecule has 0 saturated heterocycles. The summed E-state index contributed by atoms with van der Waals surface area (Å²) in [5.74, 6) is 0.386. The molecule has 0 aromatic heterocycles. The van der Waals surface area contributed by atoms with E-state index in [1.54, 1.807) is 0 Å². The van der Waals surface area contributed by atoms with E-state index in [0.29, 0.717) is 12.5 Å². The van der Waals surface area contributed by atoms with Gasteiger partial charge >= 0.3 is 0 Å². The number of hydrogen-bond acceptors (Lipinski definition) is 1. The molecule has 0 saturated carbocycles. The van der Waals surface area contributed by atoms with Gasteiger partial charge in [0.05, 0.1) is 6.10 Å². The molecular weight excluding hydrogens is 239 g/mol. The fourth-order valence-electron chi connectivity index (χ4n) is 1.65. The van der Waals surface area contributed by atoms with E-state index >= 15 is 0 Å². The molecule has 17 heavy (non-hydrogen) atoms. The lowest BCUT2D eigenvalue weighted by Crippen LogP contribution is -2.19. The average Bonchev–Trinajstić information content (AvgIpc) is 2.33. The number of benzene rings is 1. The topological polar surface area (TPSA) is 9.23 Å². The third kappa shape index (κ3) is 5.51. The Morgan fingerprint density at radius 3 is 2.47 bits per heavy atom. The summed E-state index contributed by atoms with van der Waals surface area (Å²) in [6.45, 7) is 4.25. The van der Waals surface area contributed by atoms with Crippen LogP contribution in [-0.4, -0.2) is 19.4 Å². The molecule has 0 fully saturated rings. The van der Waals surface area contributed by atoms with Gasteiger partial charge in [-0.05, 0) is 36.5 Å². The van der Waals surface area contributed by atoms with E-state index in [1.165, 1.54) is 5.56 Å². The first-order valence-corrected chi connectivity index (χ1v) is 6.45. The molecule has 2 atom stereocenters. The lowest BCUT2D eigenvalue weighted by Gasteiger charge is -2.16. The Balaban J connectivity index is 2.34. The zero-order chi connectivity index (χ0) is 12.7. The van der Waals surface area contributed by atoms with Crippen molar-refractivity contribution in [3.05, 3.63) is 34.9 Å². The highest BCUT2D eigenvalue weighted by Crippen LogP contribution is 2.14. The smallest absolute Gasteiger partial charge is 0.116 e. The van der Waals surface area contributed by atoms with Gasteiger partial charge in [0, 0.05) is 11.6 Å². The van der Waals surface area contributed by atoms with E-state index in [0.717, 1.165) is 17.9 Å².